The van der Waals surface area contributed by atoms with Gasteiger partial charge in [0.25, 0.3) is 5.91 Å². The average Bonchev–Trinajstić information content (AvgIpc) is 3.60. The van der Waals surface area contributed by atoms with Crippen molar-refractivity contribution < 1.29 is 24.5 Å². The van der Waals surface area contributed by atoms with Gasteiger partial charge in [0.05, 0.1) is 42.7 Å². The molecule has 9 heteroatoms. The maximum absolute atomic E-state index is 12.8. The Bertz CT molecular complexity index is 1850. The molecule has 0 radical (unpaired) electrons. The number of hydrogen-bond acceptors (Lipinski definition) is 8. The van der Waals surface area contributed by atoms with Gasteiger partial charge in [0, 0.05) is 31.1 Å². The van der Waals surface area contributed by atoms with Crippen molar-refractivity contribution in [3.63, 3.8) is 0 Å². The number of likely N-dealkylation sites (tertiary alicyclic amines) is 1. The number of carbonyl (C=O) groups excluding carboxylic acids is 1. The average molecular weight is 645 g/mol. The van der Waals surface area contributed by atoms with E-state index in [9.17, 15) is 15.0 Å². The summed E-state index contributed by atoms with van der Waals surface area (Å²) in [7, 11) is 0. The highest BCUT2D eigenvalue weighted by atomic mass is 16.7. The predicted molar refractivity (Wildman–Crippen MR) is 183 cm³/mol. The number of aliphatic hydroxyl groups is 2. The van der Waals surface area contributed by atoms with Crippen LogP contribution in [0.25, 0.3) is 22.2 Å². The van der Waals surface area contributed by atoms with Gasteiger partial charge in [-0.3, -0.25) is 14.7 Å². The molecule has 0 bridgehead atoms. The van der Waals surface area contributed by atoms with Gasteiger partial charge < -0.3 is 25.0 Å². The number of para-hydroxylation sites is 2. The van der Waals surface area contributed by atoms with Gasteiger partial charge in [-0.1, -0.05) is 78.9 Å². The number of carbonyl (C=O) groups is 1. The molecule has 2 saturated heterocycles. The lowest BCUT2D eigenvalue weighted by Gasteiger charge is -2.38. The fraction of sp³-hybridized carbons (Fsp3) is 0.308. The minimum Gasteiger partial charge on any atom is -0.395 e. The van der Waals surface area contributed by atoms with Gasteiger partial charge in [0.1, 0.15) is 5.69 Å². The van der Waals surface area contributed by atoms with Crippen molar-refractivity contribution in [3.8, 4) is 11.1 Å². The summed E-state index contributed by atoms with van der Waals surface area (Å²) in [6.45, 7) is 2.22. The smallest absolute Gasteiger partial charge is 0.271 e. The normalized spacial score (nSPS) is 21.4. The van der Waals surface area contributed by atoms with Gasteiger partial charge in [-0.25, -0.2) is 4.98 Å². The van der Waals surface area contributed by atoms with Gasteiger partial charge >= 0.3 is 0 Å². The van der Waals surface area contributed by atoms with Crippen molar-refractivity contribution in [2.24, 2.45) is 0 Å². The first-order chi connectivity index (χ1) is 23.6. The van der Waals surface area contributed by atoms with Crippen LogP contribution in [0, 0.1) is 0 Å². The zero-order chi connectivity index (χ0) is 32.9. The maximum Gasteiger partial charge on any atom is 0.271 e. The highest BCUT2D eigenvalue weighted by Crippen LogP contribution is 2.39. The molecule has 7 rings (SSSR count). The van der Waals surface area contributed by atoms with Crippen molar-refractivity contribution in [1.29, 1.82) is 0 Å². The zero-order valence-corrected chi connectivity index (χ0v) is 26.7. The summed E-state index contributed by atoms with van der Waals surface area (Å²) in [5.74, 6) is -0.270. The molecule has 3 heterocycles. The first kappa shape index (κ1) is 32.1. The largest absolute Gasteiger partial charge is 0.395 e. The molecule has 4 aromatic carbocycles. The molecule has 0 spiro atoms. The second kappa shape index (κ2) is 14.7. The number of ether oxygens (including phenoxy) is 2. The number of aromatic nitrogens is 2. The van der Waals surface area contributed by atoms with E-state index in [1.165, 1.54) is 6.20 Å². The molecular weight excluding hydrogens is 604 g/mol. The van der Waals surface area contributed by atoms with Crippen LogP contribution in [0.5, 0.6) is 0 Å². The fourth-order valence-corrected chi connectivity index (χ4v) is 6.67. The van der Waals surface area contributed by atoms with Gasteiger partial charge in [0.15, 0.2) is 6.29 Å². The molecule has 1 aromatic heterocycles. The molecule has 1 amide bonds. The van der Waals surface area contributed by atoms with Crippen LogP contribution in [0.15, 0.2) is 103 Å². The van der Waals surface area contributed by atoms with Gasteiger partial charge in [0.2, 0.25) is 0 Å². The summed E-state index contributed by atoms with van der Waals surface area (Å²) in [5.41, 5.74) is 7.62. The van der Waals surface area contributed by atoms with E-state index in [0.29, 0.717) is 18.5 Å². The lowest BCUT2D eigenvalue weighted by molar-refractivity contribution is -0.253. The summed E-state index contributed by atoms with van der Waals surface area (Å²) in [4.78, 5) is 24.0. The molecule has 3 N–H and O–H groups in total. The summed E-state index contributed by atoms with van der Waals surface area (Å²) in [6.07, 6.45) is 3.52. The summed E-state index contributed by atoms with van der Waals surface area (Å²) >= 11 is 0. The van der Waals surface area contributed by atoms with Crippen molar-refractivity contribution >= 4 is 16.9 Å². The van der Waals surface area contributed by atoms with Crippen LogP contribution in [-0.2, 0) is 22.6 Å². The van der Waals surface area contributed by atoms with Gasteiger partial charge in [-0.05, 0) is 65.4 Å². The van der Waals surface area contributed by atoms with Crippen molar-refractivity contribution in [1.82, 2.24) is 20.2 Å². The minimum absolute atomic E-state index is 0.00207. The van der Waals surface area contributed by atoms with E-state index in [-0.39, 0.29) is 43.1 Å². The Kier molecular flexibility index (Phi) is 9.83. The molecule has 9 nitrogen and oxygen atoms in total. The summed E-state index contributed by atoms with van der Waals surface area (Å²) < 4.78 is 13.1. The third kappa shape index (κ3) is 7.31. The predicted octanol–water partition coefficient (Wildman–Crippen LogP) is 5.72. The zero-order valence-electron chi connectivity index (χ0n) is 26.7. The number of nitrogens with one attached hydrogen (secondary N) is 1. The summed E-state index contributed by atoms with van der Waals surface area (Å²) in [5, 5.41) is 22.4. The number of fused-ring (bicyclic) bond motifs is 1. The maximum atomic E-state index is 12.8. The van der Waals surface area contributed by atoms with E-state index in [1.807, 2.05) is 72.8 Å². The van der Waals surface area contributed by atoms with Crippen LogP contribution in [0.2, 0.25) is 0 Å². The highest BCUT2D eigenvalue weighted by Gasteiger charge is 2.35. The molecule has 48 heavy (non-hydrogen) atoms. The van der Waals surface area contributed by atoms with Crippen LogP contribution >= 0.6 is 0 Å². The molecule has 4 atom stereocenters. The van der Waals surface area contributed by atoms with Gasteiger partial charge in [-0.2, -0.15) is 0 Å². The Hall–Kier alpha value is -4.51. The third-order valence-electron chi connectivity index (χ3n) is 9.34. The number of rotatable bonds is 10. The Morgan fingerprint density at radius 2 is 1.65 bits per heavy atom. The van der Waals surface area contributed by atoms with Crippen molar-refractivity contribution in [2.45, 2.75) is 57.0 Å². The molecule has 2 fully saturated rings. The number of aliphatic hydroxyl groups excluding tert-OH is 2. The Morgan fingerprint density at radius 3 is 2.44 bits per heavy atom. The number of amides is 1. The van der Waals surface area contributed by atoms with Crippen LogP contribution in [0.3, 0.4) is 0 Å². The fourth-order valence-electron chi connectivity index (χ4n) is 6.67. The first-order valence-corrected chi connectivity index (χ1v) is 16.6. The monoisotopic (exact) mass is 644 g/mol. The Labute approximate surface area is 280 Å². The van der Waals surface area contributed by atoms with E-state index in [2.05, 4.69) is 44.5 Å². The van der Waals surface area contributed by atoms with E-state index in [4.69, 9.17) is 9.47 Å². The molecule has 2 aliphatic rings. The lowest BCUT2D eigenvalue weighted by Crippen LogP contribution is -2.42. The number of benzene rings is 4. The lowest BCUT2D eigenvalue weighted by atomic mass is 9.98. The van der Waals surface area contributed by atoms with Crippen LogP contribution < -0.4 is 5.32 Å². The van der Waals surface area contributed by atoms with E-state index < -0.39 is 6.29 Å². The molecule has 0 saturated carbocycles. The van der Waals surface area contributed by atoms with Crippen molar-refractivity contribution in [3.05, 3.63) is 131 Å². The Morgan fingerprint density at radius 1 is 0.854 bits per heavy atom. The van der Waals surface area contributed by atoms with Crippen molar-refractivity contribution in [2.75, 3.05) is 19.7 Å². The van der Waals surface area contributed by atoms with E-state index in [1.54, 1.807) is 0 Å². The third-order valence-corrected chi connectivity index (χ3v) is 9.34. The molecule has 5 aromatic rings. The molecule has 246 valence electrons. The number of nitrogens with zero attached hydrogens (tertiary/aromatic N) is 3. The first-order valence-electron chi connectivity index (χ1n) is 16.6. The van der Waals surface area contributed by atoms with E-state index >= 15 is 0 Å². The molecule has 2 aliphatic heterocycles. The van der Waals surface area contributed by atoms with Gasteiger partial charge in [-0.15, -0.1) is 0 Å². The summed E-state index contributed by atoms with van der Waals surface area (Å²) in [6, 6.07) is 31.9. The van der Waals surface area contributed by atoms with E-state index in [0.717, 1.165) is 64.8 Å². The second-order valence-electron chi connectivity index (χ2n) is 12.6. The SMILES string of the molecule is O=C(NCc1cccc(-c2ccc([C@@H]3O[C@H](CN4CCC[C@H]4CO)C[C@H](c4ccc(CO)cc4)O3)cc2)c1)c1cnc2ccccc2n1. The van der Waals surface area contributed by atoms with Crippen LogP contribution in [0.1, 0.15) is 64.4 Å². The number of hydrogen-bond donors (Lipinski definition) is 3. The molecular formula is C39H40N4O5. The highest BCUT2D eigenvalue weighted by molar-refractivity contribution is 5.93. The molecule has 0 aliphatic carbocycles. The van der Waals surface area contributed by atoms with Crippen LogP contribution in [-0.4, -0.2) is 62.8 Å². The second-order valence-corrected chi connectivity index (χ2v) is 12.6. The standard InChI is InChI=1S/C39H40N4O5/c44-24-26-10-12-29(13-11-26)37-20-33(23-43-18-4-7-32(43)25-45)47-39(48-37)30-16-14-28(15-17-30)31-6-3-5-27(19-31)21-41-38(46)36-22-40-34-8-1-2-9-35(34)42-36/h1-3,5-6,8-17,19,22,32-33,37,39,44-45H,4,7,18,20-21,23-25H2,(H,41,46)/t32-,33-,37+,39+/m0/s1. The minimum atomic E-state index is -0.546. The quantitative estimate of drug-likeness (QED) is 0.177. The molecule has 0 unspecified atom stereocenters. The topological polar surface area (TPSA) is 117 Å². The Balaban J connectivity index is 1.04. The van der Waals surface area contributed by atoms with Crippen LogP contribution in [0.4, 0.5) is 0 Å².